The zero-order valence-corrected chi connectivity index (χ0v) is 13.4. The minimum Gasteiger partial charge on any atom is -0.352 e. The molecule has 0 aromatic heterocycles. The Balaban J connectivity index is 2.77. The summed E-state index contributed by atoms with van der Waals surface area (Å²) in [5.41, 5.74) is -0.629. The summed E-state index contributed by atoms with van der Waals surface area (Å²) in [4.78, 5) is 22.2. The third kappa shape index (κ3) is 5.41. The molecule has 0 saturated heterocycles. The maximum Gasteiger partial charge on any atom is 0.285 e. The normalized spacial score (nSPS) is 12.0. The van der Waals surface area contributed by atoms with Gasteiger partial charge in [-0.2, -0.15) is 0 Å². The standard InChI is InChI=1S/C14H18BrFN2O3/c1-2-3-10(6-7-15)9-17-14(19)12-5-4-11(16)8-13(12)18(20)21/h4-5,8,10H,2-3,6-7,9H2,1H3,(H,17,19). The summed E-state index contributed by atoms with van der Waals surface area (Å²) in [6.45, 7) is 2.51. The minimum absolute atomic E-state index is 0.115. The average molecular weight is 361 g/mol. The van der Waals surface area contributed by atoms with Crippen LogP contribution in [0, 0.1) is 21.8 Å². The van der Waals surface area contributed by atoms with Crippen LogP contribution in [0.5, 0.6) is 0 Å². The van der Waals surface area contributed by atoms with Crippen molar-refractivity contribution in [3.63, 3.8) is 0 Å². The molecular weight excluding hydrogens is 343 g/mol. The number of amides is 1. The quantitative estimate of drug-likeness (QED) is 0.436. The van der Waals surface area contributed by atoms with Gasteiger partial charge in [0.05, 0.1) is 11.0 Å². The van der Waals surface area contributed by atoms with Crippen LogP contribution in [0.15, 0.2) is 18.2 Å². The van der Waals surface area contributed by atoms with Gasteiger partial charge in [-0.1, -0.05) is 29.3 Å². The predicted molar refractivity (Wildman–Crippen MR) is 82.2 cm³/mol. The first-order valence-electron chi connectivity index (χ1n) is 6.77. The molecule has 1 N–H and O–H groups in total. The Kier molecular flexibility index (Phi) is 7.28. The Bertz CT molecular complexity index is 505. The highest BCUT2D eigenvalue weighted by Gasteiger charge is 2.21. The van der Waals surface area contributed by atoms with E-state index in [0.717, 1.165) is 42.8 Å². The second kappa shape index (κ2) is 8.71. The maximum atomic E-state index is 13.0. The van der Waals surface area contributed by atoms with Crippen molar-refractivity contribution in [1.82, 2.24) is 5.32 Å². The highest BCUT2D eigenvalue weighted by Crippen LogP contribution is 2.20. The zero-order chi connectivity index (χ0) is 15.8. The number of nitro groups is 1. The van der Waals surface area contributed by atoms with Crippen molar-refractivity contribution in [3.8, 4) is 0 Å². The molecule has 1 aromatic carbocycles. The van der Waals surface area contributed by atoms with Crippen LogP contribution in [-0.4, -0.2) is 22.7 Å². The van der Waals surface area contributed by atoms with E-state index in [2.05, 4.69) is 28.2 Å². The fourth-order valence-electron chi connectivity index (χ4n) is 2.09. The van der Waals surface area contributed by atoms with Crippen LogP contribution in [0.1, 0.15) is 36.5 Å². The van der Waals surface area contributed by atoms with Crippen molar-refractivity contribution in [1.29, 1.82) is 0 Å². The van der Waals surface area contributed by atoms with Gasteiger partial charge in [0.25, 0.3) is 11.6 Å². The Morgan fingerprint density at radius 3 is 2.76 bits per heavy atom. The topological polar surface area (TPSA) is 72.2 Å². The van der Waals surface area contributed by atoms with Crippen molar-refractivity contribution >= 4 is 27.5 Å². The molecule has 5 nitrogen and oxygen atoms in total. The van der Waals surface area contributed by atoms with E-state index in [0.29, 0.717) is 12.5 Å². The fraction of sp³-hybridized carbons (Fsp3) is 0.500. The molecule has 1 rings (SSSR count). The lowest BCUT2D eigenvalue weighted by Crippen LogP contribution is -2.30. The van der Waals surface area contributed by atoms with Gasteiger partial charge in [0.2, 0.25) is 0 Å². The van der Waals surface area contributed by atoms with Gasteiger partial charge in [-0.05, 0) is 30.9 Å². The van der Waals surface area contributed by atoms with Gasteiger partial charge in [0, 0.05) is 11.9 Å². The Hall–Kier alpha value is -1.50. The van der Waals surface area contributed by atoms with Crippen molar-refractivity contribution < 1.29 is 14.1 Å². The van der Waals surface area contributed by atoms with Crippen LogP contribution < -0.4 is 5.32 Å². The van der Waals surface area contributed by atoms with E-state index in [4.69, 9.17) is 0 Å². The Morgan fingerprint density at radius 1 is 1.48 bits per heavy atom. The van der Waals surface area contributed by atoms with Crippen molar-refractivity contribution in [2.45, 2.75) is 26.2 Å². The number of carbonyl (C=O) groups excluding carboxylic acids is 1. The largest absolute Gasteiger partial charge is 0.352 e. The molecule has 0 aliphatic rings. The van der Waals surface area contributed by atoms with E-state index in [1.165, 1.54) is 0 Å². The lowest BCUT2D eigenvalue weighted by Gasteiger charge is -2.15. The van der Waals surface area contributed by atoms with E-state index in [1.807, 2.05) is 0 Å². The molecule has 116 valence electrons. The van der Waals surface area contributed by atoms with E-state index >= 15 is 0 Å². The first-order chi connectivity index (χ1) is 9.99. The Morgan fingerprint density at radius 2 is 2.19 bits per heavy atom. The first kappa shape index (κ1) is 17.6. The number of alkyl halides is 1. The van der Waals surface area contributed by atoms with Crippen LogP contribution >= 0.6 is 15.9 Å². The zero-order valence-electron chi connectivity index (χ0n) is 11.8. The van der Waals surface area contributed by atoms with Crippen LogP contribution in [0.2, 0.25) is 0 Å². The van der Waals surface area contributed by atoms with Crippen molar-refractivity contribution in [2.24, 2.45) is 5.92 Å². The summed E-state index contributed by atoms with van der Waals surface area (Å²) in [6.07, 6.45) is 2.89. The number of nitrogens with zero attached hydrogens (tertiary/aromatic N) is 1. The molecule has 0 aliphatic carbocycles. The number of rotatable bonds is 8. The average Bonchev–Trinajstić information content (AvgIpc) is 2.44. The summed E-state index contributed by atoms with van der Waals surface area (Å²) < 4.78 is 13.0. The number of benzene rings is 1. The van der Waals surface area contributed by atoms with Gasteiger partial charge >= 0.3 is 0 Å². The van der Waals surface area contributed by atoms with Crippen molar-refractivity contribution in [2.75, 3.05) is 11.9 Å². The second-order valence-electron chi connectivity index (χ2n) is 4.76. The van der Waals surface area contributed by atoms with Gasteiger partial charge in [0.1, 0.15) is 11.4 Å². The van der Waals surface area contributed by atoms with Crippen molar-refractivity contribution in [3.05, 3.63) is 39.7 Å². The lowest BCUT2D eigenvalue weighted by atomic mass is 10.0. The summed E-state index contributed by atoms with van der Waals surface area (Å²) in [5, 5.41) is 14.4. The van der Waals surface area contributed by atoms with Crippen LogP contribution in [0.3, 0.4) is 0 Å². The highest BCUT2D eigenvalue weighted by atomic mass is 79.9. The number of hydrogen-bond acceptors (Lipinski definition) is 3. The minimum atomic E-state index is -0.750. The SMILES string of the molecule is CCCC(CCBr)CNC(=O)c1ccc(F)cc1[N+](=O)[O-]. The number of nitrogens with one attached hydrogen (secondary N) is 1. The molecule has 0 heterocycles. The van der Waals surface area contributed by atoms with Crippen LogP contribution in [0.25, 0.3) is 0 Å². The second-order valence-corrected chi connectivity index (χ2v) is 5.55. The maximum absolute atomic E-state index is 13.0. The summed E-state index contributed by atoms with van der Waals surface area (Å²) >= 11 is 3.37. The van der Waals surface area contributed by atoms with Gasteiger partial charge in [-0.25, -0.2) is 4.39 Å². The number of hydrogen-bond donors (Lipinski definition) is 1. The lowest BCUT2D eigenvalue weighted by molar-refractivity contribution is -0.385. The van der Waals surface area contributed by atoms with Gasteiger partial charge in [-0.3, -0.25) is 14.9 Å². The third-order valence-electron chi connectivity index (χ3n) is 3.17. The van der Waals surface area contributed by atoms with Gasteiger partial charge in [0.15, 0.2) is 0 Å². The van der Waals surface area contributed by atoms with E-state index in [-0.39, 0.29) is 5.56 Å². The molecule has 7 heteroatoms. The predicted octanol–water partition coefficient (Wildman–Crippen LogP) is 3.67. The smallest absolute Gasteiger partial charge is 0.285 e. The molecule has 0 fully saturated rings. The van der Waals surface area contributed by atoms with Crippen LogP contribution in [0.4, 0.5) is 10.1 Å². The van der Waals surface area contributed by atoms with Gasteiger partial charge < -0.3 is 5.32 Å². The van der Waals surface area contributed by atoms with Gasteiger partial charge in [-0.15, -0.1) is 0 Å². The Labute approximate surface area is 131 Å². The molecule has 0 saturated carbocycles. The molecule has 21 heavy (non-hydrogen) atoms. The molecule has 0 radical (unpaired) electrons. The summed E-state index contributed by atoms with van der Waals surface area (Å²) in [6, 6.07) is 2.95. The molecular formula is C14H18BrFN2O3. The number of carbonyl (C=O) groups is 1. The fourth-order valence-corrected chi connectivity index (χ4v) is 2.74. The molecule has 1 atom stereocenters. The molecule has 1 unspecified atom stereocenters. The highest BCUT2D eigenvalue weighted by molar-refractivity contribution is 9.09. The number of halogens is 2. The van der Waals surface area contributed by atoms with Crippen LogP contribution in [-0.2, 0) is 0 Å². The van der Waals surface area contributed by atoms with E-state index < -0.39 is 22.3 Å². The monoisotopic (exact) mass is 360 g/mol. The molecule has 1 aromatic rings. The molecule has 1 amide bonds. The summed E-state index contributed by atoms with van der Waals surface area (Å²) in [7, 11) is 0. The van der Waals surface area contributed by atoms with E-state index in [9.17, 15) is 19.3 Å². The summed E-state index contributed by atoms with van der Waals surface area (Å²) in [5.74, 6) is -0.961. The number of nitro benzene ring substituents is 1. The third-order valence-corrected chi connectivity index (χ3v) is 3.62. The van der Waals surface area contributed by atoms with E-state index in [1.54, 1.807) is 0 Å². The first-order valence-corrected chi connectivity index (χ1v) is 7.89. The molecule has 0 bridgehead atoms. The molecule has 0 spiro atoms. The molecule has 0 aliphatic heterocycles.